The number of carboxylic acids is 1. The highest BCUT2D eigenvalue weighted by atomic mass is 16.4. The maximum absolute atomic E-state index is 11.2. The van der Waals surface area contributed by atoms with Gasteiger partial charge < -0.3 is 9.52 Å². The molecule has 2 rings (SSSR count). The summed E-state index contributed by atoms with van der Waals surface area (Å²) in [4.78, 5) is 15.7. The molecule has 4 heteroatoms. The van der Waals surface area contributed by atoms with Gasteiger partial charge >= 0.3 is 5.97 Å². The summed E-state index contributed by atoms with van der Waals surface area (Å²) < 4.78 is 5.64. The van der Waals surface area contributed by atoms with Gasteiger partial charge in [-0.2, -0.15) is 0 Å². The van der Waals surface area contributed by atoms with E-state index in [2.05, 4.69) is 18.8 Å². The monoisotopic (exact) mass is 265 g/mol. The van der Waals surface area contributed by atoms with Crippen LogP contribution in [-0.4, -0.2) is 16.1 Å². The Labute approximate surface area is 114 Å². The van der Waals surface area contributed by atoms with E-state index in [1.54, 1.807) is 0 Å². The van der Waals surface area contributed by atoms with Crippen LogP contribution in [0.1, 0.15) is 75.0 Å². The van der Waals surface area contributed by atoms with E-state index in [0.29, 0.717) is 23.9 Å². The molecule has 1 aromatic rings. The van der Waals surface area contributed by atoms with Gasteiger partial charge in [-0.05, 0) is 31.6 Å². The molecule has 1 saturated carbocycles. The molecule has 0 aliphatic heterocycles. The third-order valence-electron chi connectivity index (χ3n) is 4.04. The summed E-state index contributed by atoms with van der Waals surface area (Å²) in [6.45, 7) is 6.31. The van der Waals surface area contributed by atoms with Gasteiger partial charge in [0.05, 0.1) is 5.69 Å². The summed E-state index contributed by atoms with van der Waals surface area (Å²) in [5.41, 5.74) is 0.545. The number of rotatable bonds is 5. The quantitative estimate of drug-likeness (QED) is 0.879. The van der Waals surface area contributed by atoms with Crippen LogP contribution in [0.5, 0.6) is 0 Å². The topological polar surface area (TPSA) is 63.3 Å². The lowest BCUT2D eigenvalue weighted by Gasteiger charge is -2.27. The second kappa shape index (κ2) is 5.35. The van der Waals surface area contributed by atoms with E-state index >= 15 is 0 Å². The van der Waals surface area contributed by atoms with Crippen LogP contribution in [0.2, 0.25) is 0 Å². The number of carboxylic acid groups (broad SMARTS) is 1. The molecule has 0 unspecified atom stereocenters. The molecule has 0 saturated heterocycles. The number of carbonyl (C=O) groups is 1. The second-order valence-electron chi connectivity index (χ2n) is 6.04. The average Bonchev–Trinajstić information content (AvgIpc) is 2.94. The van der Waals surface area contributed by atoms with Crippen LogP contribution in [0.3, 0.4) is 0 Å². The van der Waals surface area contributed by atoms with Gasteiger partial charge in [0.2, 0.25) is 11.7 Å². The van der Waals surface area contributed by atoms with E-state index in [9.17, 15) is 9.90 Å². The number of nitrogens with zero attached hydrogens (tertiary/aromatic N) is 1. The third kappa shape index (κ3) is 2.67. The van der Waals surface area contributed by atoms with Crippen molar-refractivity contribution in [1.82, 2.24) is 4.98 Å². The average molecular weight is 265 g/mol. The fourth-order valence-corrected chi connectivity index (χ4v) is 3.32. The van der Waals surface area contributed by atoms with Crippen LogP contribution in [0.15, 0.2) is 4.42 Å². The van der Waals surface area contributed by atoms with E-state index in [0.717, 1.165) is 19.3 Å². The van der Waals surface area contributed by atoms with E-state index in [4.69, 9.17) is 4.42 Å². The summed E-state index contributed by atoms with van der Waals surface area (Å²) >= 11 is 0. The smallest absolute Gasteiger partial charge is 0.373 e. The van der Waals surface area contributed by atoms with E-state index < -0.39 is 5.97 Å². The van der Waals surface area contributed by atoms with Crippen molar-refractivity contribution in [3.63, 3.8) is 0 Å². The van der Waals surface area contributed by atoms with Gasteiger partial charge in [0, 0.05) is 5.41 Å². The van der Waals surface area contributed by atoms with Crippen molar-refractivity contribution in [3.05, 3.63) is 17.3 Å². The Kier molecular flexibility index (Phi) is 3.97. The lowest BCUT2D eigenvalue weighted by molar-refractivity contribution is 0.0655. The fraction of sp³-hybridized carbons (Fsp3) is 0.733. The van der Waals surface area contributed by atoms with E-state index in [1.165, 1.54) is 12.8 Å². The van der Waals surface area contributed by atoms with E-state index in [-0.39, 0.29) is 11.2 Å². The number of hydrogen-bond donors (Lipinski definition) is 1. The number of aryl methyl sites for hydroxylation is 1. The number of aromatic nitrogens is 1. The third-order valence-corrected chi connectivity index (χ3v) is 4.04. The molecule has 0 atom stereocenters. The molecule has 0 aromatic carbocycles. The summed E-state index contributed by atoms with van der Waals surface area (Å²) in [5.74, 6) is 0.247. The first kappa shape index (κ1) is 14.1. The first-order valence-electron chi connectivity index (χ1n) is 7.22. The number of hydrogen-bond acceptors (Lipinski definition) is 3. The Morgan fingerprint density at radius 1 is 1.42 bits per heavy atom. The van der Waals surface area contributed by atoms with Gasteiger partial charge in [0.15, 0.2) is 0 Å². The minimum Gasteiger partial charge on any atom is -0.475 e. The number of aromatic carboxylic acids is 1. The van der Waals surface area contributed by atoms with Gasteiger partial charge in [-0.3, -0.25) is 0 Å². The molecule has 0 spiro atoms. The molecule has 1 aliphatic rings. The lowest BCUT2D eigenvalue weighted by Crippen LogP contribution is -2.24. The van der Waals surface area contributed by atoms with Crippen LogP contribution in [-0.2, 0) is 11.8 Å². The molecule has 1 fully saturated rings. The molecule has 0 amide bonds. The molecule has 106 valence electrons. The Morgan fingerprint density at radius 3 is 2.47 bits per heavy atom. The summed E-state index contributed by atoms with van der Waals surface area (Å²) in [6.07, 6.45) is 6.11. The molecule has 1 N–H and O–H groups in total. The SMILES string of the molecule is CCc1nc(C2(CC(C)C)CCCC2)oc1C(=O)O. The Balaban J connectivity index is 2.40. The summed E-state index contributed by atoms with van der Waals surface area (Å²) in [6, 6.07) is 0. The van der Waals surface area contributed by atoms with Crippen molar-refractivity contribution in [2.24, 2.45) is 5.92 Å². The first-order valence-corrected chi connectivity index (χ1v) is 7.22. The Hall–Kier alpha value is -1.32. The largest absolute Gasteiger partial charge is 0.475 e. The zero-order valence-electron chi connectivity index (χ0n) is 12.0. The van der Waals surface area contributed by atoms with Crippen molar-refractivity contribution < 1.29 is 14.3 Å². The highest BCUT2D eigenvalue weighted by Crippen LogP contribution is 2.45. The van der Waals surface area contributed by atoms with Crippen molar-refractivity contribution in [2.75, 3.05) is 0 Å². The highest BCUT2D eigenvalue weighted by molar-refractivity contribution is 5.85. The lowest BCUT2D eigenvalue weighted by atomic mass is 9.78. The van der Waals surface area contributed by atoms with Crippen LogP contribution in [0.4, 0.5) is 0 Å². The first-order chi connectivity index (χ1) is 8.98. The number of oxazole rings is 1. The Bertz CT molecular complexity index is 456. The molecule has 1 aromatic heterocycles. The van der Waals surface area contributed by atoms with Crippen LogP contribution >= 0.6 is 0 Å². The molecule has 4 nitrogen and oxygen atoms in total. The predicted molar refractivity (Wildman–Crippen MR) is 72.4 cm³/mol. The van der Waals surface area contributed by atoms with Gasteiger partial charge in [-0.15, -0.1) is 0 Å². The molecule has 1 aliphatic carbocycles. The predicted octanol–water partition coefficient (Wildman–Crippen LogP) is 3.79. The molecule has 1 heterocycles. The van der Waals surface area contributed by atoms with Crippen LogP contribution < -0.4 is 0 Å². The normalized spacial score (nSPS) is 18.1. The zero-order chi connectivity index (χ0) is 14.0. The van der Waals surface area contributed by atoms with Crippen molar-refractivity contribution >= 4 is 5.97 Å². The maximum Gasteiger partial charge on any atom is 0.373 e. The van der Waals surface area contributed by atoms with Crippen LogP contribution in [0, 0.1) is 5.92 Å². The van der Waals surface area contributed by atoms with E-state index in [1.807, 2.05) is 6.92 Å². The molecular formula is C15H23NO3. The van der Waals surface area contributed by atoms with Gasteiger partial charge in [0.1, 0.15) is 0 Å². The fourth-order valence-electron chi connectivity index (χ4n) is 3.32. The van der Waals surface area contributed by atoms with Crippen molar-refractivity contribution in [3.8, 4) is 0 Å². The molecule has 0 radical (unpaired) electrons. The summed E-state index contributed by atoms with van der Waals surface area (Å²) in [5, 5.41) is 9.18. The minimum absolute atomic E-state index is 0.0348. The van der Waals surface area contributed by atoms with Crippen molar-refractivity contribution in [2.45, 2.75) is 64.7 Å². The molecule has 19 heavy (non-hydrogen) atoms. The maximum atomic E-state index is 11.2. The molecule has 0 bridgehead atoms. The van der Waals surface area contributed by atoms with Gasteiger partial charge in [-0.25, -0.2) is 9.78 Å². The van der Waals surface area contributed by atoms with Crippen LogP contribution in [0.25, 0.3) is 0 Å². The second-order valence-corrected chi connectivity index (χ2v) is 6.04. The van der Waals surface area contributed by atoms with Gasteiger partial charge in [-0.1, -0.05) is 33.6 Å². The zero-order valence-corrected chi connectivity index (χ0v) is 12.0. The minimum atomic E-state index is -1.01. The van der Waals surface area contributed by atoms with Gasteiger partial charge in [0.25, 0.3) is 0 Å². The standard InChI is InChI=1S/C15H23NO3/c1-4-11-12(13(17)18)19-14(16-11)15(9-10(2)3)7-5-6-8-15/h10H,4-9H2,1-3H3,(H,17,18). The molecular weight excluding hydrogens is 242 g/mol. The summed E-state index contributed by atoms with van der Waals surface area (Å²) in [7, 11) is 0. The van der Waals surface area contributed by atoms with Crippen molar-refractivity contribution in [1.29, 1.82) is 0 Å². The highest BCUT2D eigenvalue weighted by Gasteiger charge is 2.41. The Morgan fingerprint density at radius 2 is 2.05 bits per heavy atom.